The van der Waals surface area contributed by atoms with E-state index in [1.807, 2.05) is 18.5 Å². The summed E-state index contributed by atoms with van der Waals surface area (Å²) in [5.41, 5.74) is 0.695. The van der Waals surface area contributed by atoms with Crippen LogP contribution in [0, 0.1) is 0 Å². The predicted octanol–water partition coefficient (Wildman–Crippen LogP) is 4.23. The van der Waals surface area contributed by atoms with Gasteiger partial charge in [0.15, 0.2) is 0 Å². The van der Waals surface area contributed by atoms with Crippen LogP contribution in [-0.4, -0.2) is 26.2 Å². The number of aliphatic hydroxyl groups is 1. The first-order valence-electron chi connectivity index (χ1n) is 6.55. The van der Waals surface area contributed by atoms with Crippen molar-refractivity contribution >= 4 is 46.0 Å². The first-order chi connectivity index (χ1) is 9.42. The van der Waals surface area contributed by atoms with Crippen LogP contribution < -0.4 is 0 Å². The molecule has 1 unspecified atom stereocenters. The van der Waals surface area contributed by atoms with Crippen molar-refractivity contribution in [2.75, 3.05) is 11.5 Å². The molecule has 1 atom stereocenters. The second-order valence-corrected chi connectivity index (χ2v) is 6.86. The first-order valence-corrected chi connectivity index (χ1v) is 8.46. The number of imidazole rings is 1. The van der Waals surface area contributed by atoms with E-state index in [0.717, 1.165) is 16.8 Å². The minimum atomic E-state index is -0.937. The third kappa shape index (κ3) is 2.80. The van der Waals surface area contributed by atoms with Gasteiger partial charge in [-0.1, -0.05) is 37.0 Å². The van der Waals surface area contributed by atoms with E-state index in [4.69, 9.17) is 23.2 Å². The van der Waals surface area contributed by atoms with Gasteiger partial charge in [0.05, 0.1) is 21.1 Å². The zero-order chi connectivity index (χ0) is 14.9. The Bertz CT molecular complexity index is 629. The number of hydrogen-bond donors (Lipinski definition) is 1. The maximum Gasteiger partial charge on any atom is 0.142 e. The van der Waals surface area contributed by atoms with Crippen molar-refractivity contribution in [2.45, 2.75) is 25.9 Å². The fourth-order valence-corrected chi connectivity index (χ4v) is 3.39. The molecule has 20 heavy (non-hydrogen) atoms. The van der Waals surface area contributed by atoms with Gasteiger partial charge < -0.3 is 9.67 Å². The summed E-state index contributed by atoms with van der Waals surface area (Å²) >= 11 is 13.8. The number of rotatable bonds is 5. The Morgan fingerprint density at radius 2 is 1.95 bits per heavy atom. The van der Waals surface area contributed by atoms with Crippen LogP contribution in [0.3, 0.4) is 0 Å². The van der Waals surface area contributed by atoms with Crippen LogP contribution in [0.2, 0.25) is 10.0 Å². The van der Waals surface area contributed by atoms with Gasteiger partial charge >= 0.3 is 0 Å². The van der Waals surface area contributed by atoms with E-state index in [1.54, 1.807) is 23.9 Å². The number of halogens is 2. The molecule has 6 heteroatoms. The average molecular weight is 333 g/mol. The van der Waals surface area contributed by atoms with Gasteiger partial charge in [0.25, 0.3) is 0 Å². The highest BCUT2D eigenvalue weighted by Crippen LogP contribution is 2.33. The molecule has 0 radical (unpaired) electrons. The highest BCUT2D eigenvalue weighted by molar-refractivity contribution is 7.99. The Kier molecular flexibility index (Phi) is 4.90. The second kappa shape index (κ2) is 6.14. The first kappa shape index (κ1) is 16.0. The van der Waals surface area contributed by atoms with E-state index >= 15 is 0 Å². The molecule has 1 aromatic carbocycles. The Hall–Kier alpha value is -0.420. The van der Waals surface area contributed by atoms with Crippen LogP contribution in [0.4, 0.5) is 0 Å². The maximum absolute atomic E-state index is 10.9. The quantitative estimate of drug-likeness (QED) is 0.890. The third-order valence-electron chi connectivity index (χ3n) is 3.47. The number of benzene rings is 1. The lowest BCUT2D eigenvalue weighted by atomic mass is 10.0. The van der Waals surface area contributed by atoms with Gasteiger partial charge in [-0.3, -0.25) is 0 Å². The van der Waals surface area contributed by atoms with Crippen LogP contribution in [0.5, 0.6) is 0 Å². The molecule has 0 saturated carbocycles. The Morgan fingerprint density at radius 1 is 1.30 bits per heavy atom. The number of hydrogen-bond acceptors (Lipinski definition) is 3. The van der Waals surface area contributed by atoms with Crippen LogP contribution in [-0.2, 0) is 12.6 Å². The molecule has 0 aliphatic rings. The van der Waals surface area contributed by atoms with Gasteiger partial charge in [-0.25, -0.2) is 4.98 Å². The molecule has 2 aromatic rings. The molecule has 2 rings (SSSR count). The highest BCUT2D eigenvalue weighted by atomic mass is 35.5. The van der Waals surface area contributed by atoms with Crippen LogP contribution in [0.25, 0.3) is 11.0 Å². The molecule has 0 spiro atoms. The zero-order valence-electron chi connectivity index (χ0n) is 11.8. The predicted molar refractivity (Wildman–Crippen MR) is 87.9 cm³/mol. The average Bonchev–Trinajstić information content (AvgIpc) is 2.74. The smallest absolute Gasteiger partial charge is 0.142 e. The van der Waals surface area contributed by atoms with Crippen molar-refractivity contribution < 1.29 is 5.11 Å². The minimum absolute atomic E-state index is 0.479. The summed E-state index contributed by atoms with van der Waals surface area (Å²) < 4.78 is 1.90. The molecule has 0 aliphatic carbocycles. The van der Waals surface area contributed by atoms with Crippen LogP contribution in [0.1, 0.15) is 26.1 Å². The fourth-order valence-electron chi connectivity index (χ4n) is 2.20. The number of fused-ring (bicyclic) bond motifs is 1. The number of aromatic nitrogens is 2. The van der Waals surface area contributed by atoms with Crippen LogP contribution in [0.15, 0.2) is 12.1 Å². The Balaban J connectivity index is 2.56. The van der Waals surface area contributed by atoms with Crippen LogP contribution >= 0.6 is 35.0 Å². The van der Waals surface area contributed by atoms with Crippen molar-refractivity contribution in [2.24, 2.45) is 7.05 Å². The van der Waals surface area contributed by atoms with Crippen molar-refractivity contribution in [3.8, 4) is 0 Å². The van der Waals surface area contributed by atoms with Gasteiger partial charge in [-0.2, -0.15) is 11.8 Å². The third-order valence-corrected chi connectivity index (χ3v) is 5.28. The van der Waals surface area contributed by atoms with Crippen molar-refractivity contribution in [1.82, 2.24) is 9.55 Å². The Labute approximate surface area is 133 Å². The van der Waals surface area contributed by atoms with E-state index in [2.05, 4.69) is 11.9 Å². The fraction of sp³-hybridized carbons (Fsp3) is 0.500. The summed E-state index contributed by atoms with van der Waals surface area (Å²) in [5.74, 6) is 2.25. The molecule has 0 saturated heterocycles. The molecule has 1 N–H and O–H groups in total. The number of aryl methyl sites for hydroxylation is 1. The van der Waals surface area contributed by atoms with Crippen molar-refractivity contribution in [1.29, 1.82) is 0 Å². The molecular formula is C14H18Cl2N2OS. The van der Waals surface area contributed by atoms with Gasteiger partial charge in [-0.15, -0.1) is 0 Å². The standard InChI is InChI=1S/C14H18Cl2N2OS/c1-4-14(19,8-20-5-2)13-17-11-6-9(15)10(16)7-12(11)18(13)3/h6-7,19H,4-5,8H2,1-3H3. The summed E-state index contributed by atoms with van der Waals surface area (Å²) in [7, 11) is 1.89. The summed E-state index contributed by atoms with van der Waals surface area (Å²) in [5, 5.41) is 11.8. The summed E-state index contributed by atoms with van der Waals surface area (Å²) in [4.78, 5) is 4.57. The lowest BCUT2D eigenvalue weighted by Gasteiger charge is -2.25. The lowest BCUT2D eigenvalue weighted by Crippen LogP contribution is -2.31. The number of nitrogens with zero attached hydrogens (tertiary/aromatic N) is 2. The van der Waals surface area contributed by atoms with Gasteiger partial charge in [0, 0.05) is 12.8 Å². The zero-order valence-corrected chi connectivity index (χ0v) is 14.1. The lowest BCUT2D eigenvalue weighted by molar-refractivity contribution is 0.0466. The summed E-state index contributed by atoms with van der Waals surface area (Å²) in [6.07, 6.45) is 0.610. The molecule has 1 heterocycles. The molecule has 3 nitrogen and oxygen atoms in total. The molecule has 0 aliphatic heterocycles. The normalized spacial score (nSPS) is 14.7. The maximum atomic E-state index is 10.9. The van der Waals surface area contributed by atoms with Crippen molar-refractivity contribution in [3.05, 3.63) is 28.0 Å². The van der Waals surface area contributed by atoms with E-state index < -0.39 is 5.60 Å². The topological polar surface area (TPSA) is 38.1 Å². The van der Waals surface area contributed by atoms with Gasteiger partial charge in [0.2, 0.25) is 0 Å². The van der Waals surface area contributed by atoms with E-state index in [-0.39, 0.29) is 0 Å². The van der Waals surface area contributed by atoms with E-state index in [9.17, 15) is 5.11 Å². The SMILES string of the molecule is CCSCC(O)(CC)c1nc2cc(Cl)c(Cl)cc2n1C. The van der Waals surface area contributed by atoms with E-state index in [0.29, 0.717) is 28.0 Å². The molecule has 0 bridgehead atoms. The number of thioether (sulfide) groups is 1. The minimum Gasteiger partial charge on any atom is -0.381 e. The molecule has 110 valence electrons. The van der Waals surface area contributed by atoms with Crippen molar-refractivity contribution in [3.63, 3.8) is 0 Å². The molecule has 1 aromatic heterocycles. The summed E-state index contributed by atoms with van der Waals surface area (Å²) in [6.45, 7) is 4.05. The highest BCUT2D eigenvalue weighted by Gasteiger charge is 2.32. The Morgan fingerprint density at radius 3 is 2.55 bits per heavy atom. The molecular weight excluding hydrogens is 315 g/mol. The van der Waals surface area contributed by atoms with Gasteiger partial charge in [-0.05, 0) is 24.3 Å². The molecule has 0 fully saturated rings. The second-order valence-electron chi connectivity index (χ2n) is 4.77. The van der Waals surface area contributed by atoms with E-state index in [1.165, 1.54) is 0 Å². The molecule has 0 amide bonds. The monoisotopic (exact) mass is 332 g/mol. The van der Waals surface area contributed by atoms with Gasteiger partial charge in [0.1, 0.15) is 11.4 Å². The largest absolute Gasteiger partial charge is 0.381 e. The summed E-state index contributed by atoms with van der Waals surface area (Å²) in [6, 6.07) is 3.53.